The van der Waals surface area contributed by atoms with Crippen molar-refractivity contribution in [3.63, 3.8) is 0 Å². The number of benzene rings is 1. The minimum atomic E-state index is -1.29. The molecule has 9 nitrogen and oxygen atoms in total. The molecule has 2 N–H and O–H groups in total. The highest BCUT2D eigenvalue weighted by atomic mass is 16.7. The standard InChI is InChI=1S/C18H20N2O7/c1-9-14(17(21)22)16(12-7-5-6-8-13(12)20(24)25)15(10(2)19-9)18(23)27-11(3)26-4/h5-8,11,16,19H,1-4H3,(H,21,22). The van der Waals surface area contributed by atoms with E-state index in [-0.39, 0.29) is 22.4 Å². The van der Waals surface area contributed by atoms with Gasteiger partial charge in [0.2, 0.25) is 0 Å². The zero-order valence-corrected chi connectivity index (χ0v) is 15.3. The van der Waals surface area contributed by atoms with Gasteiger partial charge < -0.3 is 19.9 Å². The Bertz CT molecular complexity index is 857. The summed E-state index contributed by atoms with van der Waals surface area (Å²) in [4.78, 5) is 35.5. The maximum atomic E-state index is 12.7. The number of dihydropyridines is 1. The van der Waals surface area contributed by atoms with Crippen LogP contribution in [0.1, 0.15) is 32.3 Å². The fourth-order valence-corrected chi connectivity index (χ4v) is 3.02. The molecule has 2 unspecified atom stereocenters. The van der Waals surface area contributed by atoms with Crippen LogP contribution in [-0.2, 0) is 19.1 Å². The lowest BCUT2D eigenvalue weighted by Crippen LogP contribution is -2.33. The summed E-state index contributed by atoms with van der Waals surface area (Å²) in [6.45, 7) is 4.62. The van der Waals surface area contributed by atoms with E-state index in [0.717, 1.165) is 0 Å². The van der Waals surface area contributed by atoms with Crippen molar-refractivity contribution in [1.29, 1.82) is 0 Å². The van der Waals surface area contributed by atoms with Crippen LogP contribution in [0, 0.1) is 10.1 Å². The molecule has 0 amide bonds. The summed E-state index contributed by atoms with van der Waals surface area (Å²) in [5.41, 5.74) is 0.280. The summed E-state index contributed by atoms with van der Waals surface area (Å²) < 4.78 is 10.1. The number of esters is 1. The predicted octanol–water partition coefficient (Wildman–Crippen LogP) is 2.45. The first kappa shape index (κ1) is 20.1. The van der Waals surface area contributed by atoms with Gasteiger partial charge in [-0.2, -0.15) is 0 Å². The third kappa shape index (κ3) is 3.98. The van der Waals surface area contributed by atoms with E-state index in [9.17, 15) is 24.8 Å². The molecule has 1 aromatic rings. The first-order chi connectivity index (χ1) is 12.7. The van der Waals surface area contributed by atoms with Gasteiger partial charge in [-0.3, -0.25) is 10.1 Å². The van der Waals surface area contributed by atoms with Gasteiger partial charge in [-0.05, 0) is 20.8 Å². The second kappa shape index (κ2) is 8.00. The number of hydrogen-bond acceptors (Lipinski definition) is 7. The quantitative estimate of drug-likeness (QED) is 0.335. The Hall–Kier alpha value is -3.20. The second-order valence-electron chi connectivity index (χ2n) is 5.97. The first-order valence-corrected chi connectivity index (χ1v) is 8.08. The number of hydrogen-bond donors (Lipinski definition) is 2. The van der Waals surface area contributed by atoms with Gasteiger partial charge >= 0.3 is 11.9 Å². The minimum Gasteiger partial charge on any atom is -0.478 e. The van der Waals surface area contributed by atoms with E-state index in [1.807, 2.05) is 0 Å². The number of allylic oxidation sites excluding steroid dienone is 2. The SMILES string of the molecule is COC(C)OC(=O)C1=C(C)NC(C)=C(C(=O)O)C1c1ccccc1[N+](=O)[O-]. The molecule has 0 aliphatic carbocycles. The molecule has 0 saturated carbocycles. The Morgan fingerprint density at radius 1 is 1.22 bits per heavy atom. The monoisotopic (exact) mass is 376 g/mol. The number of rotatable bonds is 6. The number of carboxylic acid groups (broad SMARTS) is 1. The molecule has 2 atom stereocenters. The Morgan fingerprint density at radius 2 is 1.81 bits per heavy atom. The van der Waals surface area contributed by atoms with Crippen molar-refractivity contribution in [2.75, 3.05) is 7.11 Å². The van der Waals surface area contributed by atoms with Crippen molar-refractivity contribution in [3.05, 3.63) is 62.5 Å². The number of nitro benzene ring substituents is 1. The molecule has 0 saturated heterocycles. The third-order valence-corrected chi connectivity index (χ3v) is 4.26. The van der Waals surface area contributed by atoms with Crippen LogP contribution in [0.3, 0.4) is 0 Å². The topological polar surface area (TPSA) is 128 Å². The van der Waals surface area contributed by atoms with Gasteiger partial charge in [0.25, 0.3) is 5.69 Å². The number of ether oxygens (including phenoxy) is 2. The van der Waals surface area contributed by atoms with Crippen LogP contribution >= 0.6 is 0 Å². The lowest BCUT2D eigenvalue weighted by Gasteiger charge is -2.29. The van der Waals surface area contributed by atoms with Crippen molar-refractivity contribution in [2.24, 2.45) is 0 Å². The largest absolute Gasteiger partial charge is 0.478 e. The van der Waals surface area contributed by atoms with E-state index in [0.29, 0.717) is 11.4 Å². The van der Waals surface area contributed by atoms with Gasteiger partial charge in [-0.1, -0.05) is 18.2 Å². The number of methoxy groups -OCH3 is 1. The van der Waals surface area contributed by atoms with Crippen LogP contribution in [-0.4, -0.2) is 35.4 Å². The molecular formula is C18H20N2O7. The summed E-state index contributed by atoms with van der Waals surface area (Å²) in [5, 5.41) is 24.0. The normalized spacial score (nSPS) is 18.0. The van der Waals surface area contributed by atoms with Gasteiger partial charge in [0.15, 0.2) is 6.29 Å². The molecule has 9 heteroatoms. The number of para-hydroxylation sites is 1. The molecule has 0 aromatic heterocycles. The first-order valence-electron chi connectivity index (χ1n) is 8.08. The smallest absolute Gasteiger partial charge is 0.339 e. The van der Waals surface area contributed by atoms with Crippen LogP contribution in [0.4, 0.5) is 5.69 Å². The van der Waals surface area contributed by atoms with Crippen LogP contribution in [0.25, 0.3) is 0 Å². The summed E-state index contributed by atoms with van der Waals surface area (Å²) >= 11 is 0. The number of nitro groups is 1. The van der Waals surface area contributed by atoms with E-state index in [1.54, 1.807) is 13.0 Å². The van der Waals surface area contributed by atoms with E-state index in [2.05, 4.69) is 5.32 Å². The van der Waals surface area contributed by atoms with Gasteiger partial charge in [-0.25, -0.2) is 9.59 Å². The van der Waals surface area contributed by atoms with E-state index in [4.69, 9.17) is 9.47 Å². The maximum Gasteiger partial charge on any atom is 0.339 e. The molecule has 2 rings (SSSR count). The molecule has 0 spiro atoms. The molecule has 27 heavy (non-hydrogen) atoms. The highest BCUT2D eigenvalue weighted by Gasteiger charge is 2.40. The van der Waals surface area contributed by atoms with Crippen molar-refractivity contribution in [1.82, 2.24) is 5.32 Å². The van der Waals surface area contributed by atoms with Gasteiger partial charge in [-0.15, -0.1) is 0 Å². The van der Waals surface area contributed by atoms with Gasteiger partial charge in [0.1, 0.15) is 0 Å². The fourth-order valence-electron chi connectivity index (χ4n) is 3.02. The third-order valence-electron chi connectivity index (χ3n) is 4.26. The van der Waals surface area contributed by atoms with Crippen molar-refractivity contribution in [3.8, 4) is 0 Å². The second-order valence-corrected chi connectivity index (χ2v) is 5.97. The lowest BCUT2D eigenvalue weighted by atomic mass is 9.79. The van der Waals surface area contributed by atoms with E-state index >= 15 is 0 Å². The molecule has 144 valence electrons. The lowest BCUT2D eigenvalue weighted by molar-refractivity contribution is -0.385. The average molecular weight is 376 g/mol. The highest BCUT2D eigenvalue weighted by molar-refractivity contribution is 5.99. The van der Waals surface area contributed by atoms with Crippen molar-refractivity contribution < 1.29 is 29.1 Å². The van der Waals surface area contributed by atoms with Crippen LogP contribution in [0.2, 0.25) is 0 Å². The zero-order chi connectivity index (χ0) is 20.3. The Kier molecular flexibility index (Phi) is 5.96. The fraction of sp³-hybridized carbons (Fsp3) is 0.333. The maximum absolute atomic E-state index is 12.7. The average Bonchev–Trinajstić information content (AvgIpc) is 2.60. The van der Waals surface area contributed by atoms with E-state index in [1.165, 1.54) is 39.2 Å². The number of carbonyl (C=O) groups excluding carboxylic acids is 1. The molecule has 1 aliphatic heterocycles. The summed E-state index contributed by atoms with van der Waals surface area (Å²) in [6.07, 6.45) is -0.871. The summed E-state index contributed by atoms with van der Waals surface area (Å²) in [6, 6.07) is 5.73. The predicted molar refractivity (Wildman–Crippen MR) is 94.6 cm³/mol. The summed E-state index contributed by atoms with van der Waals surface area (Å²) in [7, 11) is 1.35. The van der Waals surface area contributed by atoms with E-state index < -0.39 is 29.1 Å². The minimum absolute atomic E-state index is 0.0174. The van der Waals surface area contributed by atoms with Crippen molar-refractivity contribution in [2.45, 2.75) is 33.0 Å². The summed E-state index contributed by atoms with van der Waals surface area (Å²) in [5.74, 6) is -3.27. The number of nitrogens with zero attached hydrogens (tertiary/aromatic N) is 1. The number of carbonyl (C=O) groups is 2. The zero-order valence-electron chi connectivity index (χ0n) is 15.3. The molecule has 0 radical (unpaired) electrons. The highest BCUT2D eigenvalue weighted by Crippen LogP contribution is 2.42. The Morgan fingerprint density at radius 3 is 2.37 bits per heavy atom. The number of carboxylic acids is 1. The van der Waals surface area contributed by atoms with Gasteiger partial charge in [0.05, 0.1) is 22.0 Å². The molecule has 0 bridgehead atoms. The molecule has 1 aromatic carbocycles. The van der Waals surface area contributed by atoms with Gasteiger partial charge in [0, 0.05) is 30.1 Å². The number of nitrogens with one attached hydrogen (secondary N) is 1. The Balaban J connectivity index is 2.71. The van der Waals surface area contributed by atoms with Crippen LogP contribution < -0.4 is 5.32 Å². The van der Waals surface area contributed by atoms with Crippen molar-refractivity contribution >= 4 is 17.6 Å². The molecular weight excluding hydrogens is 356 g/mol. The molecule has 0 fully saturated rings. The molecule has 1 aliphatic rings. The molecule has 1 heterocycles. The van der Waals surface area contributed by atoms with Crippen LogP contribution in [0.5, 0.6) is 0 Å². The van der Waals surface area contributed by atoms with Crippen LogP contribution in [0.15, 0.2) is 46.8 Å². The Labute approximate surface area is 155 Å². The number of aliphatic carboxylic acids is 1.